The SMILES string of the molecule is CSCC(C)(O)CNc1c(N)cc(N)c(Cl)c1F. The lowest BCUT2D eigenvalue weighted by atomic mass is 10.1. The van der Waals surface area contributed by atoms with Gasteiger partial charge in [-0.1, -0.05) is 11.6 Å². The predicted molar refractivity (Wildman–Crippen MR) is 77.7 cm³/mol. The molecular formula is C11H17ClFN3OS. The molecule has 1 unspecified atom stereocenters. The summed E-state index contributed by atoms with van der Waals surface area (Å²) in [6.45, 7) is 1.82. The number of halogens is 2. The van der Waals surface area contributed by atoms with E-state index in [1.807, 2.05) is 6.26 Å². The Kier molecular flexibility index (Phi) is 4.95. The Balaban J connectivity index is 2.89. The molecule has 1 aromatic carbocycles. The number of aliphatic hydroxyl groups is 1. The van der Waals surface area contributed by atoms with Crippen molar-refractivity contribution < 1.29 is 9.50 Å². The fourth-order valence-corrected chi connectivity index (χ4v) is 2.36. The van der Waals surface area contributed by atoms with E-state index in [-0.39, 0.29) is 28.6 Å². The van der Waals surface area contributed by atoms with E-state index in [0.717, 1.165) is 0 Å². The predicted octanol–water partition coefficient (Wildman–Crippen LogP) is 2.17. The van der Waals surface area contributed by atoms with Gasteiger partial charge in [-0.25, -0.2) is 4.39 Å². The average Bonchev–Trinajstić information content (AvgIpc) is 2.25. The number of hydrogen-bond donors (Lipinski definition) is 4. The third kappa shape index (κ3) is 3.57. The van der Waals surface area contributed by atoms with Gasteiger partial charge in [-0.2, -0.15) is 11.8 Å². The van der Waals surface area contributed by atoms with E-state index >= 15 is 0 Å². The summed E-state index contributed by atoms with van der Waals surface area (Å²) in [6, 6.07) is 1.39. The maximum atomic E-state index is 13.8. The fourth-order valence-electron chi connectivity index (χ4n) is 1.49. The van der Waals surface area contributed by atoms with Crippen LogP contribution in [0.2, 0.25) is 5.02 Å². The van der Waals surface area contributed by atoms with Crippen molar-refractivity contribution in [3.63, 3.8) is 0 Å². The summed E-state index contributed by atoms with van der Waals surface area (Å²) in [5.41, 5.74) is 10.5. The summed E-state index contributed by atoms with van der Waals surface area (Å²) < 4.78 is 13.8. The molecule has 1 rings (SSSR count). The van der Waals surface area contributed by atoms with Gasteiger partial charge in [0.05, 0.1) is 22.7 Å². The van der Waals surface area contributed by atoms with Gasteiger partial charge in [-0.3, -0.25) is 0 Å². The zero-order valence-electron chi connectivity index (χ0n) is 10.3. The molecule has 4 nitrogen and oxygen atoms in total. The van der Waals surface area contributed by atoms with Gasteiger partial charge < -0.3 is 21.9 Å². The second kappa shape index (κ2) is 5.86. The zero-order valence-corrected chi connectivity index (χ0v) is 11.8. The first-order chi connectivity index (χ1) is 8.28. The summed E-state index contributed by atoms with van der Waals surface area (Å²) >= 11 is 7.20. The van der Waals surface area contributed by atoms with E-state index in [1.54, 1.807) is 6.92 Å². The highest BCUT2D eigenvalue weighted by Gasteiger charge is 2.21. The summed E-state index contributed by atoms with van der Waals surface area (Å²) in [5.74, 6) is -0.182. The van der Waals surface area contributed by atoms with Crippen LogP contribution in [0, 0.1) is 5.82 Å². The number of benzene rings is 1. The minimum atomic E-state index is -0.966. The molecule has 0 amide bonds. The first-order valence-corrected chi connectivity index (χ1v) is 7.04. The van der Waals surface area contributed by atoms with E-state index in [0.29, 0.717) is 5.75 Å². The molecule has 0 aromatic heterocycles. The Bertz CT molecular complexity index is 443. The Morgan fingerprint density at radius 1 is 1.50 bits per heavy atom. The summed E-state index contributed by atoms with van der Waals surface area (Å²) in [5, 5.41) is 12.6. The molecule has 0 saturated carbocycles. The van der Waals surface area contributed by atoms with Crippen LogP contribution in [0.5, 0.6) is 0 Å². The lowest BCUT2D eigenvalue weighted by Crippen LogP contribution is -2.36. The molecule has 0 aliphatic rings. The minimum Gasteiger partial charge on any atom is -0.397 e. The minimum absolute atomic E-state index is 0.0654. The third-order valence-corrected chi connectivity index (χ3v) is 3.66. The fraction of sp³-hybridized carbons (Fsp3) is 0.455. The van der Waals surface area contributed by atoms with Crippen LogP contribution in [-0.4, -0.2) is 29.3 Å². The largest absolute Gasteiger partial charge is 0.397 e. The molecule has 0 radical (unpaired) electrons. The monoisotopic (exact) mass is 293 g/mol. The quantitative estimate of drug-likeness (QED) is 0.625. The number of anilines is 3. The van der Waals surface area contributed by atoms with Crippen molar-refractivity contribution in [1.82, 2.24) is 0 Å². The van der Waals surface area contributed by atoms with Crippen molar-refractivity contribution >= 4 is 40.4 Å². The van der Waals surface area contributed by atoms with Crippen molar-refractivity contribution in [3.8, 4) is 0 Å². The van der Waals surface area contributed by atoms with Crippen molar-refractivity contribution in [3.05, 3.63) is 16.9 Å². The molecular weight excluding hydrogens is 277 g/mol. The van der Waals surface area contributed by atoms with Gasteiger partial charge in [-0.05, 0) is 19.2 Å². The molecule has 18 heavy (non-hydrogen) atoms. The summed E-state index contributed by atoms with van der Waals surface area (Å²) in [6.07, 6.45) is 1.88. The van der Waals surface area contributed by atoms with E-state index in [4.69, 9.17) is 23.1 Å². The van der Waals surface area contributed by atoms with Gasteiger partial charge >= 0.3 is 0 Å². The standard InChI is InChI=1S/C11H17ClFN3OS/c1-11(17,5-18-2)4-16-10-7(15)3-6(14)8(12)9(10)13/h3,16-17H,4-5,14-15H2,1-2H3. The number of nitrogen functional groups attached to an aromatic ring is 2. The van der Waals surface area contributed by atoms with Gasteiger partial charge in [0.1, 0.15) is 5.02 Å². The maximum Gasteiger partial charge on any atom is 0.169 e. The zero-order chi connectivity index (χ0) is 13.9. The Hall–Kier alpha value is -0.850. The van der Waals surface area contributed by atoms with Crippen LogP contribution in [0.25, 0.3) is 0 Å². The second-order valence-electron chi connectivity index (χ2n) is 4.34. The lowest BCUT2D eigenvalue weighted by Gasteiger charge is -2.24. The molecule has 7 heteroatoms. The highest BCUT2D eigenvalue weighted by atomic mass is 35.5. The molecule has 1 aromatic rings. The van der Waals surface area contributed by atoms with Crippen molar-refractivity contribution in [2.45, 2.75) is 12.5 Å². The molecule has 0 heterocycles. The number of thioether (sulfide) groups is 1. The lowest BCUT2D eigenvalue weighted by molar-refractivity contribution is 0.0997. The Morgan fingerprint density at radius 2 is 2.11 bits per heavy atom. The first kappa shape index (κ1) is 15.2. The van der Waals surface area contributed by atoms with Gasteiger partial charge in [0.2, 0.25) is 0 Å². The molecule has 6 N–H and O–H groups in total. The van der Waals surface area contributed by atoms with Crippen molar-refractivity contribution in [2.24, 2.45) is 0 Å². The van der Waals surface area contributed by atoms with Gasteiger partial charge in [0.15, 0.2) is 5.82 Å². The van der Waals surface area contributed by atoms with E-state index in [2.05, 4.69) is 5.32 Å². The van der Waals surface area contributed by atoms with E-state index in [9.17, 15) is 9.50 Å². The Morgan fingerprint density at radius 3 is 2.67 bits per heavy atom. The van der Waals surface area contributed by atoms with Crippen LogP contribution in [-0.2, 0) is 0 Å². The summed E-state index contributed by atoms with van der Waals surface area (Å²) in [7, 11) is 0. The van der Waals surface area contributed by atoms with Crippen molar-refractivity contribution in [2.75, 3.05) is 35.3 Å². The highest BCUT2D eigenvalue weighted by Crippen LogP contribution is 2.33. The van der Waals surface area contributed by atoms with E-state index in [1.165, 1.54) is 17.8 Å². The van der Waals surface area contributed by atoms with Gasteiger partial charge in [0.25, 0.3) is 0 Å². The number of nitrogens with one attached hydrogen (secondary N) is 1. The van der Waals surface area contributed by atoms with Gasteiger partial charge in [0, 0.05) is 12.3 Å². The molecule has 0 fully saturated rings. The Labute approximate surface area is 115 Å². The second-order valence-corrected chi connectivity index (χ2v) is 5.59. The average molecular weight is 294 g/mol. The third-order valence-electron chi connectivity index (χ3n) is 2.37. The normalized spacial score (nSPS) is 14.3. The molecule has 0 spiro atoms. The molecule has 0 aliphatic carbocycles. The van der Waals surface area contributed by atoms with Crippen LogP contribution < -0.4 is 16.8 Å². The van der Waals surface area contributed by atoms with Crippen molar-refractivity contribution in [1.29, 1.82) is 0 Å². The smallest absolute Gasteiger partial charge is 0.169 e. The topological polar surface area (TPSA) is 84.3 Å². The molecule has 0 aliphatic heterocycles. The van der Waals surface area contributed by atoms with Crippen LogP contribution in [0.3, 0.4) is 0 Å². The maximum absolute atomic E-state index is 13.8. The highest BCUT2D eigenvalue weighted by molar-refractivity contribution is 7.98. The molecule has 1 atom stereocenters. The van der Waals surface area contributed by atoms with Gasteiger partial charge in [-0.15, -0.1) is 0 Å². The van der Waals surface area contributed by atoms with Crippen LogP contribution >= 0.6 is 23.4 Å². The van der Waals surface area contributed by atoms with Crippen LogP contribution in [0.1, 0.15) is 6.92 Å². The first-order valence-electron chi connectivity index (χ1n) is 5.26. The summed E-state index contributed by atoms with van der Waals surface area (Å²) in [4.78, 5) is 0. The number of rotatable bonds is 5. The molecule has 0 bridgehead atoms. The van der Waals surface area contributed by atoms with E-state index < -0.39 is 11.4 Å². The van der Waals surface area contributed by atoms with Crippen LogP contribution in [0.4, 0.5) is 21.5 Å². The number of hydrogen-bond acceptors (Lipinski definition) is 5. The number of nitrogens with two attached hydrogens (primary N) is 2. The molecule has 0 saturated heterocycles. The molecule has 102 valence electrons. The van der Waals surface area contributed by atoms with Crippen LogP contribution in [0.15, 0.2) is 6.07 Å².